The maximum Gasteiger partial charge on any atom is 0.251 e. The first-order valence-corrected chi connectivity index (χ1v) is 10.2. The molecule has 8 nitrogen and oxygen atoms in total. The summed E-state index contributed by atoms with van der Waals surface area (Å²) in [6, 6.07) is 17.6. The van der Waals surface area contributed by atoms with E-state index < -0.39 is 17.9 Å². The Hall–Kier alpha value is -4.20. The molecule has 0 spiro atoms. The van der Waals surface area contributed by atoms with Crippen molar-refractivity contribution >= 4 is 11.8 Å². The molecule has 3 aromatic rings. The van der Waals surface area contributed by atoms with E-state index in [0.717, 1.165) is 11.1 Å². The van der Waals surface area contributed by atoms with Gasteiger partial charge in [0.25, 0.3) is 5.91 Å². The van der Waals surface area contributed by atoms with Gasteiger partial charge in [-0.05, 0) is 35.4 Å². The fraction of sp³-hybridized carbons (Fsp3) is 0.200. The van der Waals surface area contributed by atoms with Gasteiger partial charge in [-0.1, -0.05) is 24.3 Å². The van der Waals surface area contributed by atoms with E-state index in [1.165, 1.54) is 12.1 Å². The zero-order valence-electron chi connectivity index (χ0n) is 18.4. The number of hydrogen-bond acceptors (Lipinski definition) is 6. The number of ether oxygens (including phenoxy) is 3. The first kappa shape index (κ1) is 23.5. The predicted octanol–water partition coefficient (Wildman–Crippen LogP) is 2.81. The second-order valence-corrected chi connectivity index (χ2v) is 7.33. The van der Waals surface area contributed by atoms with Gasteiger partial charge in [0.15, 0.2) is 0 Å². The van der Waals surface area contributed by atoms with Crippen LogP contribution in [0, 0.1) is 0 Å². The van der Waals surface area contributed by atoms with Gasteiger partial charge in [-0.15, -0.1) is 0 Å². The summed E-state index contributed by atoms with van der Waals surface area (Å²) in [5.41, 5.74) is 7.46. The molecule has 0 saturated carbocycles. The number of primary amides is 1. The van der Waals surface area contributed by atoms with Crippen molar-refractivity contribution in [3.05, 3.63) is 83.4 Å². The van der Waals surface area contributed by atoms with E-state index in [4.69, 9.17) is 19.9 Å². The summed E-state index contributed by atoms with van der Waals surface area (Å²) in [5, 5.41) is 12.0. The molecule has 33 heavy (non-hydrogen) atoms. The van der Waals surface area contributed by atoms with Crippen LogP contribution in [0.25, 0.3) is 0 Å². The number of hydrogen-bond donors (Lipinski definition) is 3. The average Bonchev–Trinajstić information content (AvgIpc) is 2.83. The molecule has 0 bridgehead atoms. The number of phenolic OH excluding ortho intramolecular Hbond substituents is 1. The number of nitrogens with one attached hydrogen (secondary N) is 1. The highest BCUT2D eigenvalue weighted by atomic mass is 16.5. The van der Waals surface area contributed by atoms with Crippen LogP contribution >= 0.6 is 0 Å². The van der Waals surface area contributed by atoms with Crippen LogP contribution in [0.15, 0.2) is 66.7 Å². The Morgan fingerprint density at radius 3 is 1.97 bits per heavy atom. The van der Waals surface area contributed by atoms with E-state index in [1.807, 2.05) is 0 Å². The van der Waals surface area contributed by atoms with Gasteiger partial charge in [0.2, 0.25) is 5.91 Å². The van der Waals surface area contributed by atoms with Crippen LogP contribution in [-0.2, 0) is 17.8 Å². The highest BCUT2D eigenvalue weighted by Gasteiger charge is 2.19. The Morgan fingerprint density at radius 1 is 0.879 bits per heavy atom. The van der Waals surface area contributed by atoms with Crippen molar-refractivity contribution in [2.24, 2.45) is 5.73 Å². The minimum atomic E-state index is -0.881. The minimum absolute atomic E-state index is 0.119. The Morgan fingerprint density at radius 2 is 1.42 bits per heavy atom. The Bertz CT molecular complexity index is 1070. The molecule has 0 aliphatic carbocycles. The van der Waals surface area contributed by atoms with E-state index in [1.54, 1.807) is 68.8 Å². The zero-order valence-corrected chi connectivity index (χ0v) is 18.4. The van der Waals surface area contributed by atoms with Crippen molar-refractivity contribution in [2.45, 2.75) is 19.1 Å². The lowest BCUT2D eigenvalue weighted by atomic mass is 10.0. The van der Waals surface area contributed by atoms with Crippen molar-refractivity contribution in [3.63, 3.8) is 0 Å². The van der Waals surface area contributed by atoms with E-state index in [9.17, 15) is 14.7 Å². The highest BCUT2D eigenvalue weighted by Crippen LogP contribution is 2.28. The fourth-order valence-corrected chi connectivity index (χ4v) is 3.12. The standard InChI is InChI=1S/C25H26N2O6/c1-31-20-12-21(32-2)14-22(13-20)33-15-17-3-7-18(8-4-17)25(30)27-23(24(26)29)11-16-5-9-19(28)10-6-16/h3-10,12-14,23,28H,11,15H2,1-2H3,(H2,26,29)(H,27,30). The Balaban J connectivity index is 1.61. The third-order valence-corrected chi connectivity index (χ3v) is 4.97. The molecule has 0 aromatic heterocycles. The second-order valence-electron chi connectivity index (χ2n) is 7.33. The molecule has 3 rings (SSSR count). The summed E-state index contributed by atoms with van der Waals surface area (Å²) in [6.07, 6.45) is 0.220. The monoisotopic (exact) mass is 450 g/mol. The largest absolute Gasteiger partial charge is 0.508 e. The lowest BCUT2D eigenvalue weighted by molar-refractivity contribution is -0.119. The number of amides is 2. The molecule has 2 amide bonds. The van der Waals surface area contributed by atoms with E-state index in [0.29, 0.717) is 22.8 Å². The summed E-state index contributed by atoms with van der Waals surface area (Å²) < 4.78 is 16.3. The first-order chi connectivity index (χ1) is 15.9. The first-order valence-electron chi connectivity index (χ1n) is 10.2. The number of aromatic hydroxyl groups is 1. The van der Waals surface area contributed by atoms with Crippen LogP contribution in [0.1, 0.15) is 21.5 Å². The maximum atomic E-state index is 12.6. The summed E-state index contributed by atoms with van der Waals surface area (Å²) in [7, 11) is 3.13. The maximum absolute atomic E-state index is 12.6. The fourth-order valence-electron chi connectivity index (χ4n) is 3.12. The second kappa shape index (κ2) is 10.9. The van der Waals surface area contributed by atoms with Crippen molar-refractivity contribution in [1.29, 1.82) is 0 Å². The smallest absolute Gasteiger partial charge is 0.251 e. The number of methoxy groups -OCH3 is 2. The molecular weight excluding hydrogens is 424 g/mol. The summed E-state index contributed by atoms with van der Waals surface area (Å²) >= 11 is 0. The van der Waals surface area contributed by atoms with Crippen LogP contribution in [0.5, 0.6) is 23.0 Å². The number of carbonyl (C=O) groups excluding carboxylic acids is 2. The SMILES string of the molecule is COc1cc(OC)cc(OCc2ccc(C(=O)NC(Cc3ccc(O)cc3)C(N)=O)cc2)c1. The molecule has 0 aliphatic heterocycles. The lowest BCUT2D eigenvalue weighted by Crippen LogP contribution is -2.45. The van der Waals surface area contributed by atoms with Gasteiger partial charge in [0.05, 0.1) is 14.2 Å². The van der Waals surface area contributed by atoms with Crippen LogP contribution in [-0.4, -0.2) is 37.2 Å². The van der Waals surface area contributed by atoms with Gasteiger partial charge < -0.3 is 30.4 Å². The summed E-state index contributed by atoms with van der Waals surface area (Å²) in [6.45, 7) is 0.281. The average molecular weight is 450 g/mol. The lowest BCUT2D eigenvalue weighted by Gasteiger charge is -2.16. The molecule has 1 atom stereocenters. The summed E-state index contributed by atoms with van der Waals surface area (Å²) in [4.78, 5) is 24.4. The molecule has 0 aliphatic rings. The molecule has 0 heterocycles. The number of benzene rings is 3. The number of rotatable bonds is 10. The summed E-state index contributed by atoms with van der Waals surface area (Å²) in [5.74, 6) is 0.887. The number of nitrogens with two attached hydrogens (primary N) is 1. The normalized spacial score (nSPS) is 11.3. The molecule has 4 N–H and O–H groups in total. The van der Waals surface area contributed by atoms with Crippen LogP contribution in [0.3, 0.4) is 0 Å². The molecule has 0 fully saturated rings. The van der Waals surface area contributed by atoms with Crippen LogP contribution < -0.4 is 25.3 Å². The molecule has 0 radical (unpaired) electrons. The van der Waals surface area contributed by atoms with Crippen LogP contribution in [0.4, 0.5) is 0 Å². The van der Waals surface area contributed by atoms with Gasteiger partial charge in [-0.2, -0.15) is 0 Å². The molecule has 1 unspecified atom stereocenters. The quantitative estimate of drug-likeness (QED) is 0.437. The molecule has 8 heteroatoms. The van der Waals surface area contributed by atoms with Crippen molar-refractivity contribution in [3.8, 4) is 23.0 Å². The van der Waals surface area contributed by atoms with Gasteiger partial charge in [0.1, 0.15) is 35.6 Å². The minimum Gasteiger partial charge on any atom is -0.508 e. The zero-order chi connectivity index (χ0) is 23.8. The topological polar surface area (TPSA) is 120 Å². The van der Waals surface area contributed by atoms with Crippen LogP contribution in [0.2, 0.25) is 0 Å². The van der Waals surface area contributed by atoms with E-state index in [-0.39, 0.29) is 18.8 Å². The molecular formula is C25H26N2O6. The van der Waals surface area contributed by atoms with Crippen molar-refractivity contribution < 1.29 is 28.9 Å². The molecule has 3 aromatic carbocycles. The van der Waals surface area contributed by atoms with Gasteiger partial charge >= 0.3 is 0 Å². The predicted molar refractivity (Wildman–Crippen MR) is 123 cm³/mol. The number of phenols is 1. The van der Waals surface area contributed by atoms with Crippen molar-refractivity contribution in [1.82, 2.24) is 5.32 Å². The third-order valence-electron chi connectivity index (χ3n) is 4.97. The van der Waals surface area contributed by atoms with Gasteiger partial charge in [-0.25, -0.2) is 0 Å². The number of carbonyl (C=O) groups is 2. The molecule has 172 valence electrons. The van der Waals surface area contributed by atoms with E-state index >= 15 is 0 Å². The van der Waals surface area contributed by atoms with E-state index in [2.05, 4.69) is 5.32 Å². The van der Waals surface area contributed by atoms with Crippen molar-refractivity contribution in [2.75, 3.05) is 14.2 Å². The Labute approximate surface area is 191 Å². The van der Waals surface area contributed by atoms with Gasteiger partial charge in [-0.3, -0.25) is 9.59 Å². The Kier molecular flexibility index (Phi) is 7.75. The van der Waals surface area contributed by atoms with Gasteiger partial charge in [0, 0.05) is 30.2 Å². The third kappa shape index (κ3) is 6.64. The molecule has 0 saturated heterocycles. The highest BCUT2D eigenvalue weighted by molar-refractivity contribution is 5.97.